The number of hydrogen-bond acceptors (Lipinski definition) is 4. The summed E-state index contributed by atoms with van der Waals surface area (Å²) in [5.74, 6) is 1.62. The number of ether oxygens (including phenoxy) is 1. The molecular formula is C22H22N2O3. The minimum atomic E-state index is -0.148. The van der Waals surface area contributed by atoms with E-state index in [4.69, 9.17) is 9.15 Å². The molecule has 0 bridgehead atoms. The molecule has 2 aromatic carbocycles. The van der Waals surface area contributed by atoms with Crippen molar-refractivity contribution in [3.63, 3.8) is 0 Å². The number of rotatable bonds is 5. The second-order valence-corrected chi connectivity index (χ2v) is 6.72. The average Bonchev–Trinajstić information content (AvgIpc) is 3.20. The monoisotopic (exact) mass is 362 g/mol. The van der Waals surface area contributed by atoms with Gasteiger partial charge in [-0.3, -0.25) is 14.6 Å². The maximum Gasteiger partial charge on any atom is 0.241 e. The lowest BCUT2D eigenvalue weighted by molar-refractivity contribution is -0.120. The summed E-state index contributed by atoms with van der Waals surface area (Å²) in [6.45, 7) is 1.31. The molecule has 1 atom stereocenters. The number of nitrogens with zero attached hydrogens (tertiary/aromatic N) is 2. The normalized spacial score (nSPS) is 16.1. The Morgan fingerprint density at radius 1 is 1.07 bits per heavy atom. The van der Waals surface area contributed by atoms with Crippen molar-refractivity contribution < 1.29 is 13.9 Å². The van der Waals surface area contributed by atoms with Crippen LogP contribution in [0.5, 0.6) is 5.75 Å². The van der Waals surface area contributed by atoms with Crippen LogP contribution in [-0.2, 0) is 11.3 Å². The third-order valence-corrected chi connectivity index (χ3v) is 4.70. The molecule has 1 aromatic heterocycles. The molecule has 2 heterocycles. The zero-order chi connectivity index (χ0) is 18.6. The van der Waals surface area contributed by atoms with Crippen molar-refractivity contribution in [2.24, 2.45) is 0 Å². The molecule has 1 amide bonds. The molecule has 0 saturated heterocycles. The molecule has 0 fully saturated rings. The molecule has 1 aliphatic rings. The number of carbonyl (C=O) groups excluding carboxylic acids is 1. The van der Waals surface area contributed by atoms with Crippen LogP contribution < -0.4 is 9.64 Å². The Hall–Kier alpha value is -3.05. The number of furan rings is 1. The summed E-state index contributed by atoms with van der Waals surface area (Å²) in [4.78, 5) is 17.1. The largest absolute Gasteiger partial charge is 0.489 e. The van der Waals surface area contributed by atoms with Gasteiger partial charge in [-0.1, -0.05) is 42.5 Å². The number of hydrogen-bond donors (Lipinski definition) is 0. The third-order valence-electron chi connectivity index (χ3n) is 4.70. The van der Waals surface area contributed by atoms with Crippen molar-refractivity contribution in [3.8, 4) is 5.75 Å². The predicted octanol–water partition coefficient (Wildman–Crippen LogP) is 3.88. The minimum Gasteiger partial charge on any atom is -0.489 e. The smallest absolute Gasteiger partial charge is 0.241 e. The van der Waals surface area contributed by atoms with Crippen LogP contribution in [0, 0.1) is 0 Å². The molecule has 0 unspecified atom stereocenters. The Balaban J connectivity index is 1.60. The average molecular weight is 362 g/mol. The Bertz CT molecular complexity index is 893. The highest BCUT2D eigenvalue weighted by atomic mass is 16.5. The van der Waals surface area contributed by atoms with E-state index in [2.05, 4.69) is 0 Å². The minimum absolute atomic E-state index is 0.0358. The SMILES string of the molecule is CN(CC(=O)N1c2ccccc2OC[C@@H]1c1ccccc1)Cc1ccco1. The molecule has 27 heavy (non-hydrogen) atoms. The van der Waals surface area contributed by atoms with E-state index in [-0.39, 0.29) is 11.9 Å². The zero-order valence-corrected chi connectivity index (χ0v) is 15.2. The van der Waals surface area contributed by atoms with E-state index in [0.29, 0.717) is 19.7 Å². The number of para-hydroxylation sites is 2. The van der Waals surface area contributed by atoms with Gasteiger partial charge in [-0.2, -0.15) is 0 Å². The lowest BCUT2D eigenvalue weighted by atomic mass is 10.0. The molecule has 0 saturated carbocycles. The Kier molecular flexibility index (Phi) is 4.94. The van der Waals surface area contributed by atoms with Gasteiger partial charge in [0, 0.05) is 0 Å². The van der Waals surface area contributed by atoms with Crippen LogP contribution >= 0.6 is 0 Å². The van der Waals surface area contributed by atoms with Gasteiger partial charge in [-0.25, -0.2) is 0 Å². The van der Waals surface area contributed by atoms with E-state index in [9.17, 15) is 4.79 Å². The van der Waals surface area contributed by atoms with Crippen LogP contribution in [0.4, 0.5) is 5.69 Å². The first kappa shape index (κ1) is 17.4. The summed E-state index contributed by atoms with van der Waals surface area (Å²) >= 11 is 0. The summed E-state index contributed by atoms with van der Waals surface area (Å²) < 4.78 is 11.3. The predicted molar refractivity (Wildman–Crippen MR) is 104 cm³/mol. The molecule has 0 radical (unpaired) electrons. The molecular weight excluding hydrogens is 340 g/mol. The van der Waals surface area contributed by atoms with Crippen LogP contribution in [0.2, 0.25) is 0 Å². The van der Waals surface area contributed by atoms with Gasteiger partial charge in [0.15, 0.2) is 0 Å². The first-order chi connectivity index (χ1) is 13.2. The fraction of sp³-hybridized carbons (Fsp3) is 0.227. The maximum atomic E-state index is 13.3. The van der Waals surface area contributed by atoms with Crippen molar-refractivity contribution in [2.45, 2.75) is 12.6 Å². The molecule has 0 N–H and O–H groups in total. The van der Waals surface area contributed by atoms with Crippen LogP contribution in [0.1, 0.15) is 17.4 Å². The Morgan fingerprint density at radius 3 is 2.63 bits per heavy atom. The summed E-state index contributed by atoms with van der Waals surface area (Å²) in [5, 5.41) is 0. The van der Waals surface area contributed by atoms with Gasteiger partial charge in [0.05, 0.1) is 31.1 Å². The quantitative estimate of drug-likeness (QED) is 0.691. The van der Waals surface area contributed by atoms with Crippen LogP contribution in [0.15, 0.2) is 77.4 Å². The van der Waals surface area contributed by atoms with Crippen molar-refractivity contribution in [3.05, 3.63) is 84.3 Å². The second-order valence-electron chi connectivity index (χ2n) is 6.72. The fourth-order valence-corrected chi connectivity index (χ4v) is 3.45. The molecule has 1 aliphatic heterocycles. The van der Waals surface area contributed by atoms with E-state index in [1.165, 1.54) is 0 Å². The topological polar surface area (TPSA) is 45.9 Å². The van der Waals surface area contributed by atoms with E-state index in [0.717, 1.165) is 22.8 Å². The van der Waals surface area contributed by atoms with E-state index < -0.39 is 0 Å². The number of anilines is 1. The first-order valence-corrected chi connectivity index (χ1v) is 9.02. The standard InChI is InChI=1S/C22H22N2O3/c1-23(14-18-10-7-13-26-18)15-22(25)24-19-11-5-6-12-21(19)27-16-20(24)17-8-3-2-4-9-17/h2-13,20H,14-16H2,1H3/t20-/m1/s1. The van der Waals surface area contributed by atoms with E-state index in [1.54, 1.807) is 6.26 Å². The molecule has 0 spiro atoms. The van der Waals surface area contributed by atoms with Crippen LogP contribution in [0.3, 0.4) is 0 Å². The van der Waals surface area contributed by atoms with Crippen LogP contribution in [-0.4, -0.2) is 31.0 Å². The van der Waals surface area contributed by atoms with Crippen molar-refractivity contribution >= 4 is 11.6 Å². The summed E-state index contributed by atoms with van der Waals surface area (Å²) in [6, 6.07) is 21.3. The summed E-state index contributed by atoms with van der Waals surface area (Å²) in [7, 11) is 1.92. The molecule has 5 nitrogen and oxygen atoms in total. The molecule has 138 valence electrons. The molecule has 0 aliphatic carbocycles. The summed E-state index contributed by atoms with van der Waals surface area (Å²) in [5.41, 5.74) is 1.88. The maximum absolute atomic E-state index is 13.3. The zero-order valence-electron chi connectivity index (χ0n) is 15.2. The number of fused-ring (bicyclic) bond motifs is 1. The van der Waals surface area contributed by atoms with E-state index in [1.807, 2.05) is 83.6 Å². The molecule has 4 rings (SSSR count). The Labute approximate surface area is 158 Å². The highest BCUT2D eigenvalue weighted by Gasteiger charge is 2.33. The fourth-order valence-electron chi connectivity index (χ4n) is 3.45. The second kappa shape index (κ2) is 7.68. The van der Waals surface area contributed by atoms with Crippen molar-refractivity contribution in [1.29, 1.82) is 0 Å². The van der Waals surface area contributed by atoms with Gasteiger partial charge >= 0.3 is 0 Å². The number of benzene rings is 2. The van der Waals surface area contributed by atoms with E-state index >= 15 is 0 Å². The number of likely N-dealkylation sites (N-methyl/N-ethyl adjacent to an activating group) is 1. The van der Waals surface area contributed by atoms with Gasteiger partial charge in [0.25, 0.3) is 0 Å². The van der Waals surface area contributed by atoms with Gasteiger partial charge in [0.2, 0.25) is 5.91 Å². The van der Waals surface area contributed by atoms with Crippen LogP contribution in [0.25, 0.3) is 0 Å². The summed E-state index contributed by atoms with van der Waals surface area (Å²) in [6.07, 6.45) is 1.65. The lowest BCUT2D eigenvalue weighted by Gasteiger charge is -2.38. The van der Waals surface area contributed by atoms with Gasteiger partial charge in [-0.15, -0.1) is 0 Å². The first-order valence-electron chi connectivity index (χ1n) is 9.02. The van der Waals surface area contributed by atoms with Gasteiger partial charge in [0.1, 0.15) is 18.1 Å². The Morgan fingerprint density at radius 2 is 1.85 bits per heavy atom. The molecule has 3 aromatic rings. The number of amides is 1. The highest BCUT2D eigenvalue weighted by molar-refractivity contribution is 5.97. The third kappa shape index (κ3) is 3.73. The molecule has 5 heteroatoms. The number of carbonyl (C=O) groups is 1. The van der Waals surface area contributed by atoms with Crippen molar-refractivity contribution in [2.75, 3.05) is 25.1 Å². The van der Waals surface area contributed by atoms with Gasteiger partial charge in [-0.05, 0) is 36.9 Å². The van der Waals surface area contributed by atoms with Gasteiger partial charge < -0.3 is 9.15 Å². The highest BCUT2D eigenvalue weighted by Crippen LogP contribution is 2.39. The lowest BCUT2D eigenvalue weighted by Crippen LogP contribution is -2.45. The van der Waals surface area contributed by atoms with Crippen molar-refractivity contribution in [1.82, 2.24) is 4.90 Å².